The van der Waals surface area contributed by atoms with Crippen LogP contribution in [-0.2, 0) is 11.2 Å². The molecule has 3 unspecified atom stereocenters. The molecule has 1 aliphatic heterocycles. The number of carbonyl (C=O) groups is 1. The molecule has 2 N–H and O–H groups in total. The fraction of sp³-hybridized carbons (Fsp3) is 0.304. The Morgan fingerprint density at radius 1 is 1.13 bits per heavy atom. The molecule has 2 aromatic carbocycles. The highest BCUT2D eigenvalue weighted by Gasteiger charge is 2.31. The molecule has 2 heterocycles. The Balaban J connectivity index is 1.34. The highest BCUT2D eigenvalue weighted by Crippen LogP contribution is 2.25. The van der Waals surface area contributed by atoms with Crippen molar-refractivity contribution in [2.75, 3.05) is 6.54 Å². The number of rotatable bonds is 6. The summed E-state index contributed by atoms with van der Waals surface area (Å²) in [6, 6.07) is 17.4. The zero-order valence-corrected chi connectivity index (χ0v) is 16.3. The molecule has 6 nitrogen and oxygen atoms in total. The quantitative estimate of drug-likeness (QED) is 0.651. The number of benzene rings is 2. The third-order valence-corrected chi connectivity index (χ3v) is 5.22. The van der Waals surface area contributed by atoms with Gasteiger partial charge in [-0.05, 0) is 25.0 Å². The van der Waals surface area contributed by atoms with Crippen LogP contribution in [-0.4, -0.2) is 41.0 Å². The van der Waals surface area contributed by atoms with Crippen LogP contribution in [0.5, 0.6) is 0 Å². The summed E-state index contributed by atoms with van der Waals surface area (Å²) >= 11 is 0. The predicted octanol–water partition coefficient (Wildman–Crippen LogP) is 3.36. The molecule has 0 aliphatic carbocycles. The minimum atomic E-state index is -0.695. The Bertz CT molecular complexity index is 992. The summed E-state index contributed by atoms with van der Waals surface area (Å²) in [5, 5.41) is 17.0. The van der Waals surface area contributed by atoms with E-state index in [0.717, 1.165) is 11.3 Å². The molecule has 3 aromatic rings. The molecule has 1 aliphatic rings. The molecule has 30 heavy (non-hydrogen) atoms. The topological polar surface area (TPSA) is 84.6 Å². The van der Waals surface area contributed by atoms with Crippen molar-refractivity contribution in [3.63, 3.8) is 0 Å². The van der Waals surface area contributed by atoms with Crippen LogP contribution in [0.15, 0.2) is 65.2 Å². The van der Waals surface area contributed by atoms with Crippen molar-refractivity contribution >= 4 is 5.91 Å². The van der Waals surface area contributed by atoms with Crippen LogP contribution in [0.4, 0.5) is 4.39 Å². The largest absolute Gasteiger partial charge is 0.390 e. The van der Waals surface area contributed by atoms with Gasteiger partial charge in [0, 0.05) is 24.6 Å². The Kier molecular flexibility index (Phi) is 6.21. The lowest BCUT2D eigenvalue weighted by Crippen LogP contribution is -2.46. The Hall–Kier alpha value is -3.03. The summed E-state index contributed by atoms with van der Waals surface area (Å²) in [6.45, 7) is 0.0961. The van der Waals surface area contributed by atoms with Gasteiger partial charge in [-0.3, -0.25) is 4.79 Å². The summed E-state index contributed by atoms with van der Waals surface area (Å²) in [6.07, 6.45) is 0.346. The normalized spacial score (nSPS) is 21.3. The van der Waals surface area contributed by atoms with Gasteiger partial charge >= 0.3 is 0 Å². The van der Waals surface area contributed by atoms with Gasteiger partial charge in [-0.25, -0.2) is 4.39 Å². The maximum absolute atomic E-state index is 13.8. The molecule has 0 radical (unpaired) electrons. The molecule has 0 spiro atoms. The second-order valence-electron chi connectivity index (χ2n) is 7.38. The molecule has 7 heteroatoms. The fourth-order valence-corrected chi connectivity index (χ4v) is 3.60. The summed E-state index contributed by atoms with van der Waals surface area (Å²) in [7, 11) is 0. The average molecular weight is 410 g/mol. The van der Waals surface area contributed by atoms with Gasteiger partial charge < -0.3 is 19.7 Å². The first kappa shape index (κ1) is 20.3. The van der Waals surface area contributed by atoms with Crippen molar-refractivity contribution in [1.82, 2.24) is 10.5 Å². The number of aliphatic hydroxyl groups excluding tert-OH is 1. The van der Waals surface area contributed by atoms with Gasteiger partial charge in [0.15, 0.2) is 5.76 Å². The van der Waals surface area contributed by atoms with Gasteiger partial charge in [-0.2, -0.15) is 0 Å². The van der Waals surface area contributed by atoms with Gasteiger partial charge in [0.1, 0.15) is 11.9 Å². The fourth-order valence-electron chi connectivity index (χ4n) is 3.60. The second-order valence-corrected chi connectivity index (χ2v) is 7.38. The van der Waals surface area contributed by atoms with E-state index in [0.29, 0.717) is 25.0 Å². The molecule has 1 amide bonds. The Labute approximate surface area is 173 Å². The molecule has 4 rings (SSSR count). The zero-order valence-electron chi connectivity index (χ0n) is 16.3. The van der Waals surface area contributed by atoms with Crippen molar-refractivity contribution in [3.05, 3.63) is 77.7 Å². The van der Waals surface area contributed by atoms with E-state index in [4.69, 9.17) is 9.26 Å². The highest BCUT2D eigenvalue weighted by atomic mass is 19.1. The second kappa shape index (κ2) is 9.19. The summed E-state index contributed by atoms with van der Waals surface area (Å²) in [4.78, 5) is 12.2. The maximum atomic E-state index is 13.8. The van der Waals surface area contributed by atoms with Crippen molar-refractivity contribution < 1.29 is 23.6 Å². The Morgan fingerprint density at radius 3 is 2.70 bits per heavy atom. The van der Waals surface area contributed by atoms with E-state index in [2.05, 4.69) is 10.5 Å². The first-order chi connectivity index (χ1) is 14.6. The predicted molar refractivity (Wildman–Crippen MR) is 108 cm³/mol. The first-order valence-corrected chi connectivity index (χ1v) is 9.97. The third kappa shape index (κ3) is 4.75. The Morgan fingerprint density at radius 2 is 1.90 bits per heavy atom. The van der Waals surface area contributed by atoms with Gasteiger partial charge in [-0.15, -0.1) is 0 Å². The molecular formula is C23H23FN2O4. The van der Waals surface area contributed by atoms with E-state index in [1.807, 2.05) is 36.4 Å². The van der Waals surface area contributed by atoms with Crippen LogP contribution in [0, 0.1) is 5.82 Å². The van der Waals surface area contributed by atoms with Crippen LogP contribution in [0.1, 0.15) is 28.9 Å². The highest BCUT2D eigenvalue weighted by molar-refractivity contribution is 5.94. The van der Waals surface area contributed by atoms with E-state index in [9.17, 15) is 14.3 Å². The van der Waals surface area contributed by atoms with Gasteiger partial charge in [0.05, 0.1) is 23.5 Å². The van der Waals surface area contributed by atoms with E-state index in [1.54, 1.807) is 6.07 Å². The molecule has 1 aromatic heterocycles. The number of aromatic nitrogens is 1. The number of hydrogen-bond donors (Lipinski definition) is 2. The van der Waals surface area contributed by atoms with E-state index in [-0.39, 0.29) is 18.2 Å². The molecule has 156 valence electrons. The number of nitrogens with zero attached hydrogens (tertiary/aromatic N) is 1. The third-order valence-electron chi connectivity index (χ3n) is 5.22. The summed E-state index contributed by atoms with van der Waals surface area (Å²) < 4.78 is 25.2. The van der Waals surface area contributed by atoms with E-state index < -0.39 is 23.9 Å². The van der Waals surface area contributed by atoms with Crippen LogP contribution in [0.3, 0.4) is 0 Å². The molecule has 3 atom stereocenters. The van der Waals surface area contributed by atoms with Crippen LogP contribution in [0.2, 0.25) is 0 Å². The van der Waals surface area contributed by atoms with Gasteiger partial charge in [-0.1, -0.05) is 47.6 Å². The minimum absolute atomic E-state index is 0.0320. The average Bonchev–Trinajstić information content (AvgIpc) is 3.23. The van der Waals surface area contributed by atoms with Crippen LogP contribution >= 0.6 is 0 Å². The minimum Gasteiger partial charge on any atom is -0.390 e. The lowest BCUT2D eigenvalue weighted by Gasteiger charge is -2.33. The summed E-state index contributed by atoms with van der Waals surface area (Å²) in [5.74, 6) is -0.427. The van der Waals surface area contributed by atoms with Crippen molar-refractivity contribution in [2.24, 2.45) is 0 Å². The number of nitrogens with one attached hydrogen (secondary N) is 1. The lowest BCUT2D eigenvalue weighted by atomic mass is 9.98. The van der Waals surface area contributed by atoms with E-state index in [1.165, 1.54) is 18.2 Å². The number of aliphatic hydroxyl groups is 1. The lowest BCUT2D eigenvalue weighted by molar-refractivity contribution is -0.114. The maximum Gasteiger partial charge on any atom is 0.254 e. The van der Waals surface area contributed by atoms with Crippen molar-refractivity contribution in [2.45, 2.75) is 37.6 Å². The number of ether oxygens (including phenoxy) is 1. The smallest absolute Gasteiger partial charge is 0.254 e. The molecule has 1 fully saturated rings. The molecule has 0 bridgehead atoms. The summed E-state index contributed by atoms with van der Waals surface area (Å²) in [5.41, 5.74) is 1.68. The zero-order chi connectivity index (χ0) is 20.9. The molecule has 1 saturated heterocycles. The molecule has 0 saturated carbocycles. The van der Waals surface area contributed by atoms with Gasteiger partial charge in [0.25, 0.3) is 5.91 Å². The number of hydrogen-bond acceptors (Lipinski definition) is 5. The molecular weight excluding hydrogens is 387 g/mol. The number of carbonyl (C=O) groups excluding carboxylic acids is 1. The van der Waals surface area contributed by atoms with Crippen molar-refractivity contribution in [1.29, 1.82) is 0 Å². The first-order valence-electron chi connectivity index (χ1n) is 9.97. The number of halogens is 1. The van der Waals surface area contributed by atoms with Crippen molar-refractivity contribution in [3.8, 4) is 11.3 Å². The van der Waals surface area contributed by atoms with Gasteiger partial charge in [0.2, 0.25) is 0 Å². The SMILES string of the molecule is O=C(NCC1OC(Cc2cc(-c3ccccc3)on2)CCC1O)c1ccccc1F. The van der Waals surface area contributed by atoms with Crippen LogP contribution < -0.4 is 5.32 Å². The number of amides is 1. The van der Waals surface area contributed by atoms with E-state index >= 15 is 0 Å². The monoisotopic (exact) mass is 410 g/mol. The van der Waals surface area contributed by atoms with Crippen LogP contribution in [0.25, 0.3) is 11.3 Å². The standard InChI is InChI=1S/C23H23FN2O4/c24-19-9-5-4-8-18(19)23(28)25-14-22-20(27)11-10-17(29-22)12-16-13-21(30-26-16)15-6-2-1-3-7-15/h1-9,13,17,20,22,27H,10-12,14H2,(H,25,28).